The molecule has 0 unspecified atom stereocenters. The number of carbonyl (C=O) groups excluding carboxylic acids is 3. The molecule has 0 aliphatic carbocycles. The number of rotatable bonds is 4. The molecule has 2 aromatic rings. The number of hydrogen-bond donors (Lipinski definition) is 2. The van der Waals surface area contributed by atoms with Crippen molar-refractivity contribution in [1.82, 2.24) is 10.9 Å². The van der Waals surface area contributed by atoms with E-state index in [1.54, 1.807) is 18.2 Å². The van der Waals surface area contributed by atoms with Crippen LogP contribution in [0.2, 0.25) is 0 Å². The van der Waals surface area contributed by atoms with Crippen LogP contribution < -0.4 is 25.2 Å². The first kappa shape index (κ1) is 19.7. The van der Waals surface area contributed by atoms with Crippen LogP contribution in [-0.4, -0.2) is 37.5 Å². The van der Waals surface area contributed by atoms with E-state index in [1.165, 1.54) is 29.2 Å². The molecule has 3 amide bonds. The molecule has 1 fully saturated rings. The standard InChI is InChI=1S/C21H20FN3O5/c22-15-3-1-13(2-4-15)9-19(26)23-24-21(28)14-10-20(27)25(12-14)16-5-6-17-18(11-16)30-8-7-29-17/h1-6,11,14H,7-10,12H2,(H,23,26)(H,24,28)/t14-/m0/s1. The summed E-state index contributed by atoms with van der Waals surface area (Å²) >= 11 is 0. The van der Waals surface area contributed by atoms with E-state index in [9.17, 15) is 18.8 Å². The highest BCUT2D eigenvalue weighted by Crippen LogP contribution is 2.35. The molecule has 4 rings (SSSR count). The number of nitrogens with zero attached hydrogens (tertiary/aromatic N) is 1. The molecule has 0 radical (unpaired) electrons. The highest BCUT2D eigenvalue weighted by molar-refractivity contribution is 6.00. The lowest BCUT2D eigenvalue weighted by Crippen LogP contribution is -2.45. The molecular formula is C21H20FN3O5. The maximum Gasteiger partial charge on any atom is 0.243 e. The molecule has 2 heterocycles. The van der Waals surface area contributed by atoms with E-state index in [1.807, 2.05) is 0 Å². The topological polar surface area (TPSA) is 97.0 Å². The molecule has 156 valence electrons. The van der Waals surface area contributed by atoms with Crippen LogP contribution in [0.1, 0.15) is 12.0 Å². The Labute approximate surface area is 171 Å². The first-order valence-electron chi connectivity index (χ1n) is 9.53. The molecule has 0 aromatic heterocycles. The van der Waals surface area contributed by atoms with Gasteiger partial charge in [0, 0.05) is 24.7 Å². The van der Waals surface area contributed by atoms with Crippen molar-refractivity contribution in [1.29, 1.82) is 0 Å². The van der Waals surface area contributed by atoms with E-state index in [-0.39, 0.29) is 31.1 Å². The van der Waals surface area contributed by atoms with Gasteiger partial charge in [0.1, 0.15) is 19.0 Å². The van der Waals surface area contributed by atoms with Crippen molar-refractivity contribution in [3.8, 4) is 11.5 Å². The summed E-state index contributed by atoms with van der Waals surface area (Å²) in [6, 6.07) is 10.7. The van der Waals surface area contributed by atoms with Gasteiger partial charge in [0.15, 0.2) is 11.5 Å². The fraction of sp³-hybridized carbons (Fsp3) is 0.286. The third kappa shape index (κ3) is 4.35. The lowest BCUT2D eigenvalue weighted by Gasteiger charge is -2.22. The number of benzene rings is 2. The van der Waals surface area contributed by atoms with Crippen LogP contribution in [0.25, 0.3) is 0 Å². The molecule has 30 heavy (non-hydrogen) atoms. The Morgan fingerprint density at radius 3 is 2.53 bits per heavy atom. The van der Waals surface area contributed by atoms with Crippen molar-refractivity contribution in [3.63, 3.8) is 0 Å². The fourth-order valence-corrected chi connectivity index (χ4v) is 3.40. The van der Waals surface area contributed by atoms with Gasteiger partial charge in [-0.2, -0.15) is 0 Å². The molecule has 1 atom stereocenters. The van der Waals surface area contributed by atoms with Crippen molar-refractivity contribution in [3.05, 3.63) is 53.8 Å². The van der Waals surface area contributed by atoms with E-state index in [0.29, 0.717) is 36.0 Å². The predicted octanol–water partition coefficient (Wildman–Crippen LogP) is 1.34. The largest absolute Gasteiger partial charge is 0.486 e. The molecule has 0 spiro atoms. The Hall–Kier alpha value is -3.62. The maximum atomic E-state index is 12.9. The fourth-order valence-electron chi connectivity index (χ4n) is 3.40. The third-order valence-electron chi connectivity index (χ3n) is 4.94. The van der Waals surface area contributed by atoms with Crippen molar-refractivity contribution in [2.24, 2.45) is 5.92 Å². The highest BCUT2D eigenvalue weighted by Gasteiger charge is 2.35. The second-order valence-corrected chi connectivity index (χ2v) is 7.07. The van der Waals surface area contributed by atoms with Crippen molar-refractivity contribution in [2.45, 2.75) is 12.8 Å². The van der Waals surface area contributed by atoms with Gasteiger partial charge in [0.25, 0.3) is 0 Å². The molecule has 9 heteroatoms. The van der Waals surface area contributed by atoms with Crippen LogP contribution in [0, 0.1) is 11.7 Å². The average molecular weight is 413 g/mol. The number of ether oxygens (including phenoxy) is 2. The predicted molar refractivity (Wildman–Crippen MR) is 104 cm³/mol. The molecule has 2 aromatic carbocycles. The number of nitrogens with one attached hydrogen (secondary N) is 2. The van der Waals surface area contributed by atoms with Crippen molar-refractivity contribution in [2.75, 3.05) is 24.7 Å². The minimum atomic E-state index is -0.600. The number of fused-ring (bicyclic) bond motifs is 1. The SMILES string of the molecule is O=C(Cc1ccc(F)cc1)NNC(=O)[C@H]1CC(=O)N(c2ccc3c(c2)OCCO3)C1. The zero-order valence-corrected chi connectivity index (χ0v) is 16.0. The van der Waals surface area contributed by atoms with Crippen LogP contribution in [0.5, 0.6) is 11.5 Å². The van der Waals surface area contributed by atoms with Gasteiger partial charge < -0.3 is 14.4 Å². The second kappa shape index (κ2) is 8.40. The summed E-state index contributed by atoms with van der Waals surface area (Å²) in [5.74, 6) is -0.886. The summed E-state index contributed by atoms with van der Waals surface area (Å²) in [6.45, 7) is 1.11. The van der Waals surface area contributed by atoms with E-state index in [4.69, 9.17) is 9.47 Å². The van der Waals surface area contributed by atoms with Crippen LogP contribution in [-0.2, 0) is 20.8 Å². The summed E-state index contributed by atoms with van der Waals surface area (Å²) in [4.78, 5) is 38.3. The van der Waals surface area contributed by atoms with Crippen molar-refractivity contribution >= 4 is 23.4 Å². The van der Waals surface area contributed by atoms with Crippen LogP contribution in [0.4, 0.5) is 10.1 Å². The highest BCUT2D eigenvalue weighted by atomic mass is 19.1. The average Bonchev–Trinajstić information content (AvgIpc) is 3.15. The Kier molecular flexibility index (Phi) is 5.51. The Balaban J connectivity index is 1.31. The third-order valence-corrected chi connectivity index (χ3v) is 4.94. The van der Waals surface area contributed by atoms with Gasteiger partial charge in [0.05, 0.1) is 12.3 Å². The molecular weight excluding hydrogens is 393 g/mol. The normalized spacial score (nSPS) is 17.6. The van der Waals surface area contributed by atoms with Gasteiger partial charge in [-0.1, -0.05) is 12.1 Å². The minimum Gasteiger partial charge on any atom is -0.486 e. The summed E-state index contributed by atoms with van der Waals surface area (Å²) < 4.78 is 23.9. The lowest BCUT2D eigenvalue weighted by atomic mass is 10.1. The number of carbonyl (C=O) groups is 3. The van der Waals surface area contributed by atoms with E-state index >= 15 is 0 Å². The zero-order chi connectivity index (χ0) is 21.1. The monoisotopic (exact) mass is 413 g/mol. The summed E-state index contributed by atoms with van der Waals surface area (Å²) in [6.07, 6.45) is 0.0294. The molecule has 1 saturated heterocycles. The molecule has 2 N–H and O–H groups in total. The lowest BCUT2D eigenvalue weighted by molar-refractivity contribution is -0.131. The number of halogens is 1. The van der Waals surface area contributed by atoms with E-state index in [0.717, 1.165) is 0 Å². The Morgan fingerprint density at radius 2 is 1.77 bits per heavy atom. The first-order chi connectivity index (χ1) is 14.5. The van der Waals surface area contributed by atoms with Gasteiger partial charge in [-0.05, 0) is 29.8 Å². The summed E-state index contributed by atoms with van der Waals surface area (Å²) in [5, 5.41) is 0. The quantitative estimate of drug-likeness (QED) is 0.738. The van der Waals surface area contributed by atoms with E-state index in [2.05, 4.69) is 10.9 Å². The Morgan fingerprint density at radius 1 is 1.03 bits per heavy atom. The summed E-state index contributed by atoms with van der Waals surface area (Å²) in [5.41, 5.74) is 5.94. The van der Waals surface area contributed by atoms with Gasteiger partial charge in [-0.15, -0.1) is 0 Å². The van der Waals surface area contributed by atoms with Gasteiger partial charge in [0.2, 0.25) is 17.7 Å². The van der Waals surface area contributed by atoms with Gasteiger partial charge in [-0.3, -0.25) is 25.2 Å². The molecule has 2 aliphatic heterocycles. The molecule has 2 aliphatic rings. The molecule has 0 bridgehead atoms. The van der Waals surface area contributed by atoms with Crippen LogP contribution in [0.3, 0.4) is 0 Å². The van der Waals surface area contributed by atoms with Gasteiger partial charge >= 0.3 is 0 Å². The minimum absolute atomic E-state index is 0.00647. The van der Waals surface area contributed by atoms with Gasteiger partial charge in [-0.25, -0.2) is 4.39 Å². The van der Waals surface area contributed by atoms with Crippen LogP contribution >= 0.6 is 0 Å². The summed E-state index contributed by atoms with van der Waals surface area (Å²) in [7, 11) is 0. The molecule has 0 saturated carbocycles. The smallest absolute Gasteiger partial charge is 0.243 e. The zero-order valence-electron chi connectivity index (χ0n) is 16.0. The second-order valence-electron chi connectivity index (χ2n) is 7.07. The molecule has 8 nitrogen and oxygen atoms in total. The Bertz CT molecular complexity index is 979. The van der Waals surface area contributed by atoms with E-state index < -0.39 is 17.7 Å². The first-order valence-corrected chi connectivity index (χ1v) is 9.53. The number of hydrazine groups is 1. The number of hydrogen-bond acceptors (Lipinski definition) is 5. The van der Waals surface area contributed by atoms with Crippen LogP contribution in [0.15, 0.2) is 42.5 Å². The number of amides is 3. The van der Waals surface area contributed by atoms with Crippen molar-refractivity contribution < 1.29 is 28.2 Å². The maximum absolute atomic E-state index is 12.9. The number of anilines is 1.